The first kappa shape index (κ1) is 27.8. The molecule has 3 N–H and O–H groups in total. The Balaban J connectivity index is 1.40. The fourth-order valence-electron chi connectivity index (χ4n) is 5.15. The van der Waals surface area contributed by atoms with Gasteiger partial charge in [-0.05, 0) is 50.1 Å². The third-order valence-electron chi connectivity index (χ3n) is 7.76. The van der Waals surface area contributed by atoms with Crippen molar-refractivity contribution in [3.63, 3.8) is 0 Å². The Bertz CT molecular complexity index is 1340. The summed E-state index contributed by atoms with van der Waals surface area (Å²) >= 11 is 0. The van der Waals surface area contributed by atoms with E-state index in [1.54, 1.807) is 24.3 Å². The number of rotatable bonds is 8. The van der Waals surface area contributed by atoms with Crippen molar-refractivity contribution in [2.45, 2.75) is 50.5 Å². The highest BCUT2D eigenvalue weighted by Gasteiger charge is 2.48. The number of sulfonamides is 1. The van der Waals surface area contributed by atoms with E-state index in [9.17, 15) is 13.2 Å². The zero-order chi connectivity index (χ0) is 27.8. The molecular formula is C26H38N6O5SSi. The Hall–Kier alpha value is -2.74. The Morgan fingerprint density at radius 3 is 2.56 bits per heavy atom. The van der Waals surface area contributed by atoms with Crippen LogP contribution in [0.3, 0.4) is 0 Å². The second kappa shape index (κ2) is 10.7. The minimum Gasteiger partial charge on any atom is -0.395 e. The summed E-state index contributed by atoms with van der Waals surface area (Å²) in [6.45, 7) is 9.84. The number of nitrogens with one attached hydrogen (secondary N) is 2. The van der Waals surface area contributed by atoms with Gasteiger partial charge >= 0.3 is 0 Å². The third-order valence-corrected chi connectivity index (χ3v) is 12.2. The Labute approximate surface area is 231 Å². The summed E-state index contributed by atoms with van der Waals surface area (Å²) < 4.78 is 33.0. The van der Waals surface area contributed by atoms with Gasteiger partial charge in [-0.3, -0.25) is 9.52 Å². The van der Waals surface area contributed by atoms with E-state index in [0.29, 0.717) is 41.9 Å². The topological polar surface area (TPSA) is 137 Å². The maximum atomic E-state index is 13.6. The molecule has 1 aromatic carbocycles. The van der Waals surface area contributed by atoms with E-state index in [1.807, 2.05) is 6.92 Å². The first-order chi connectivity index (χ1) is 18.5. The predicted molar refractivity (Wildman–Crippen MR) is 155 cm³/mol. The average Bonchev–Trinajstić information content (AvgIpc) is 3.61. The van der Waals surface area contributed by atoms with Crippen molar-refractivity contribution in [3.05, 3.63) is 35.5 Å². The van der Waals surface area contributed by atoms with Crippen LogP contribution in [0.15, 0.2) is 24.3 Å². The third kappa shape index (κ3) is 6.71. The van der Waals surface area contributed by atoms with Crippen LogP contribution in [0.25, 0.3) is 0 Å². The number of amides is 1. The fraction of sp³-hybridized carbons (Fsp3) is 0.577. The number of aryl methyl sites for hydroxylation is 1. The molecule has 2 saturated heterocycles. The van der Waals surface area contributed by atoms with Crippen LogP contribution in [-0.2, 0) is 14.8 Å². The molecule has 212 valence electrons. The van der Waals surface area contributed by atoms with Crippen LogP contribution < -0.4 is 19.8 Å². The Morgan fingerprint density at radius 1 is 1.13 bits per heavy atom. The molecule has 3 fully saturated rings. The van der Waals surface area contributed by atoms with Crippen LogP contribution >= 0.6 is 0 Å². The fourth-order valence-corrected chi connectivity index (χ4v) is 7.98. The van der Waals surface area contributed by atoms with Crippen LogP contribution in [-0.4, -0.2) is 88.2 Å². The van der Waals surface area contributed by atoms with Crippen molar-refractivity contribution in [2.24, 2.45) is 0 Å². The van der Waals surface area contributed by atoms with Crippen molar-refractivity contribution >= 4 is 47.1 Å². The molecule has 39 heavy (non-hydrogen) atoms. The average molecular weight is 575 g/mol. The smallest absolute Gasteiger partial charge is 0.258 e. The van der Waals surface area contributed by atoms with Gasteiger partial charge in [-0.2, -0.15) is 4.98 Å². The molecule has 1 amide bonds. The molecule has 1 aromatic heterocycles. The zero-order valence-electron chi connectivity index (χ0n) is 22.9. The second-order valence-corrected chi connectivity index (χ2v) is 18.8. The lowest BCUT2D eigenvalue weighted by atomic mass is 10.1. The van der Waals surface area contributed by atoms with Crippen LogP contribution in [0.1, 0.15) is 28.9 Å². The number of morpholine rings is 1. The molecular weight excluding hydrogens is 536 g/mol. The van der Waals surface area contributed by atoms with Gasteiger partial charge in [0.05, 0.1) is 49.6 Å². The van der Waals surface area contributed by atoms with Gasteiger partial charge in [0.15, 0.2) is 0 Å². The number of hydrogen-bond donors (Lipinski definition) is 3. The first-order valence-electron chi connectivity index (χ1n) is 13.5. The number of anilines is 4. The molecule has 1 spiro atoms. The van der Waals surface area contributed by atoms with E-state index >= 15 is 0 Å². The lowest BCUT2D eigenvalue weighted by Crippen LogP contribution is -2.44. The molecule has 0 atom stereocenters. The first-order valence-corrected chi connectivity index (χ1v) is 18.6. The normalized spacial score (nSPS) is 20.1. The van der Waals surface area contributed by atoms with E-state index in [4.69, 9.17) is 9.84 Å². The van der Waals surface area contributed by atoms with Crippen molar-refractivity contribution in [1.82, 2.24) is 9.97 Å². The van der Waals surface area contributed by atoms with Gasteiger partial charge in [-0.15, -0.1) is 0 Å². The van der Waals surface area contributed by atoms with Gasteiger partial charge < -0.3 is 25.0 Å². The van der Waals surface area contributed by atoms with E-state index in [2.05, 4.69) is 42.9 Å². The second-order valence-electron chi connectivity index (χ2n) is 11.6. The van der Waals surface area contributed by atoms with Crippen molar-refractivity contribution in [2.75, 3.05) is 65.0 Å². The minimum absolute atomic E-state index is 0.0734. The summed E-state index contributed by atoms with van der Waals surface area (Å²) in [5.74, 6) is 0.288. The molecule has 2 aromatic rings. The molecule has 0 unspecified atom stereocenters. The highest BCUT2D eigenvalue weighted by Crippen LogP contribution is 2.42. The largest absolute Gasteiger partial charge is 0.395 e. The molecule has 11 nitrogen and oxygen atoms in total. The molecule has 0 bridgehead atoms. The van der Waals surface area contributed by atoms with Gasteiger partial charge in [-0.1, -0.05) is 13.1 Å². The van der Waals surface area contributed by atoms with Gasteiger partial charge in [0.1, 0.15) is 5.82 Å². The molecule has 5 rings (SSSR count). The van der Waals surface area contributed by atoms with Crippen molar-refractivity contribution in [1.29, 1.82) is 0 Å². The summed E-state index contributed by atoms with van der Waals surface area (Å²) in [5, 5.41) is 12.1. The van der Waals surface area contributed by atoms with Gasteiger partial charge in [0, 0.05) is 37.9 Å². The van der Waals surface area contributed by atoms with E-state index in [1.165, 1.54) is 0 Å². The number of aromatic nitrogens is 2. The quantitative estimate of drug-likeness (QED) is 0.406. The monoisotopic (exact) mass is 574 g/mol. The standard InChI is InChI=1S/C26H38N6O5SSi/c1-19-16-23(29-25(27-19)32-8-12-37-26(18-32)6-7-26)28-24(34)21-5-4-20(30-38(35,36)13-11-33)17-22(21)31-9-14-39(2,3)15-10-31/h4-5,16-17,30,33H,6-15,18H2,1-3H3,(H,27,28,29,34). The van der Waals surface area contributed by atoms with Crippen molar-refractivity contribution < 1.29 is 23.1 Å². The van der Waals surface area contributed by atoms with Crippen LogP contribution in [0.2, 0.25) is 25.2 Å². The van der Waals surface area contributed by atoms with E-state index in [0.717, 1.165) is 50.3 Å². The summed E-state index contributed by atoms with van der Waals surface area (Å²) in [4.78, 5) is 27.2. The minimum atomic E-state index is -3.70. The van der Waals surface area contributed by atoms with Crippen LogP contribution in [0.4, 0.5) is 23.1 Å². The zero-order valence-corrected chi connectivity index (χ0v) is 24.7. The summed E-state index contributed by atoms with van der Waals surface area (Å²) in [5.41, 5.74) is 2.16. The number of ether oxygens (including phenoxy) is 1. The SMILES string of the molecule is Cc1cc(NC(=O)c2ccc(NS(=O)(=O)CCO)cc2N2CC[Si](C)(C)CC2)nc(N2CCOC3(CC3)C2)n1. The summed E-state index contributed by atoms with van der Waals surface area (Å²) in [6.07, 6.45) is 2.09. The Morgan fingerprint density at radius 2 is 1.87 bits per heavy atom. The molecule has 1 aliphatic carbocycles. The number of carbonyl (C=O) groups is 1. The molecule has 13 heteroatoms. The van der Waals surface area contributed by atoms with Crippen molar-refractivity contribution in [3.8, 4) is 0 Å². The number of carbonyl (C=O) groups excluding carboxylic acids is 1. The molecule has 3 aliphatic rings. The number of hydrogen-bond acceptors (Lipinski definition) is 9. The van der Waals surface area contributed by atoms with Gasteiger partial charge in [0.2, 0.25) is 16.0 Å². The molecule has 2 aliphatic heterocycles. The number of aliphatic hydroxyl groups excluding tert-OH is 1. The summed E-state index contributed by atoms with van der Waals surface area (Å²) in [7, 11) is -4.98. The molecule has 0 radical (unpaired) electrons. The lowest BCUT2D eigenvalue weighted by molar-refractivity contribution is 0.0201. The van der Waals surface area contributed by atoms with E-state index < -0.39 is 30.5 Å². The van der Waals surface area contributed by atoms with Gasteiger partial charge in [0.25, 0.3) is 5.91 Å². The highest BCUT2D eigenvalue weighted by molar-refractivity contribution is 7.92. The van der Waals surface area contributed by atoms with Crippen LogP contribution in [0.5, 0.6) is 0 Å². The molecule has 1 saturated carbocycles. The molecule has 3 heterocycles. The highest BCUT2D eigenvalue weighted by atomic mass is 32.2. The Kier molecular flexibility index (Phi) is 7.61. The number of benzene rings is 1. The lowest BCUT2D eigenvalue weighted by Gasteiger charge is -2.38. The maximum Gasteiger partial charge on any atom is 0.258 e. The maximum absolute atomic E-state index is 13.6. The number of nitrogens with zero attached hydrogens (tertiary/aromatic N) is 4. The number of aliphatic hydroxyl groups is 1. The van der Waals surface area contributed by atoms with Gasteiger partial charge in [-0.25, -0.2) is 13.4 Å². The van der Waals surface area contributed by atoms with E-state index in [-0.39, 0.29) is 11.5 Å². The summed E-state index contributed by atoms with van der Waals surface area (Å²) in [6, 6.07) is 8.86. The van der Waals surface area contributed by atoms with Crippen LogP contribution in [0, 0.1) is 6.92 Å². The predicted octanol–water partition coefficient (Wildman–Crippen LogP) is 2.67.